The van der Waals surface area contributed by atoms with Crippen LogP contribution in [0.3, 0.4) is 0 Å². The number of rotatable bonds is 7. The van der Waals surface area contributed by atoms with E-state index in [1.807, 2.05) is 36.4 Å². The van der Waals surface area contributed by atoms with Crippen LogP contribution in [-0.2, 0) is 19.1 Å². The minimum atomic E-state index is -1.22. The fourth-order valence-electron chi connectivity index (χ4n) is 6.07. The average Bonchev–Trinajstić information content (AvgIpc) is 3.20. The lowest BCUT2D eigenvalue weighted by atomic mass is 9.77. The summed E-state index contributed by atoms with van der Waals surface area (Å²) in [5.74, 6) is -1.37. The molecular formula is C27H33N3O6. The zero-order valence-electron chi connectivity index (χ0n) is 20.7. The minimum absolute atomic E-state index is 0.0802. The first-order valence-electron chi connectivity index (χ1n) is 12.6. The van der Waals surface area contributed by atoms with Gasteiger partial charge in [-0.05, 0) is 43.5 Å². The monoisotopic (exact) mass is 495 g/mol. The molecule has 1 aromatic rings. The number of aliphatic hydroxyl groups is 1. The number of methoxy groups -OCH3 is 1. The van der Waals surface area contributed by atoms with E-state index >= 15 is 0 Å². The van der Waals surface area contributed by atoms with Crippen molar-refractivity contribution in [2.75, 3.05) is 45.3 Å². The molecule has 36 heavy (non-hydrogen) atoms. The summed E-state index contributed by atoms with van der Waals surface area (Å²) >= 11 is 0. The summed E-state index contributed by atoms with van der Waals surface area (Å²) in [6.07, 6.45) is 8.91. The number of carbonyl (C=O) groups is 3. The highest BCUT2D eigenvalue weighted by Gasteiger charge is 2.71. The van der Waals surface area contributed by atoms with Gasteiger partial charge in [0.1, 0.15) is 17.4 Å². The zero-order valence-corrected chi connectivity index (χ0v) is 20.7. The van der Waals surface area contributed by atoms with Gasteiger partial charge in [-0.1, -0.05) is 24.3 Å². The van der Waals surface area contributed by atoms with Gasteiger partial charge in [0.15, 0.2) is 0 Å². The van der Waals surface area contributed by atoms with Crippen molar-refractivity contribution in [2.45, 2.75) is 37.0 Å². The summed E-state index contributed by atoms with van der Waals surface area (Å²) in [4.78, 5) is 46.5. The molecular weight excluding hydrogens is 462 g/mol. The van der Waals surface area contributed by atoms with Crippen molar-refractivity contribution in [1.29, 1.82) is 0 Å². The quantitative estimate of drug-likeness (QED) is 0.453. The molecule has 2 fully saturated rings. The van der Waals surface area contributed by atoms with Gasteiger partial charge < -0.3 is 29.3 Å². The summed E-state index contributed by atoms with van der Waals surface area (Å²) in [6, 6.07) is 6.35. The van der Waals surface area contributed by atoms with E-state index in [0.717, 1.165) is 6.42 Å². The van der Waals surface area contributed by atoms with Crippen molar-refractivity contribution in [1.82, 2.24) is 9.80 Å². The van der Waals surface area contributed by atoms with E-state index in [1.165, 1.54) is 0 Å². The number of hydrogen-bond acceptors (Lipinski definition) is 6. The summed E-state index contributed by atoms with van der Waals surface area (Å²) in [5.41, 5.74) is -0.526. The fourth-order valence-corrected chi connectivity index (χ4v) is 6.07. The lowest BCUT2D eigenvalue weighted by molar-refractivity contribution is -0.143. The van der Waals surface area contributed by atoms with Crippen molar-refractivity contribution in [3.05, 3.63) is 48.6 Å². The maximum Gasteiger partial charge on any atom is 0.253 e. The van der Waals surface area contributed by atoms with Crippen molar-refractivity contribution < 1.29 is 29.0 Å². The maximum absolute atomic E-state index is 14.2. The van der Waals surface area contributed by atoms with E-state index < -0.39 is 29.6 Å². The molecule has 0 radical (unpaired) electrons. The Labute approximate surface area is 210 Å². The fraction of sp³-hybridized carbons (Fsp3) is 0.519. The highest BCUT2D eigenvalue weighted by molar-refractivity contribution is 6.05. The number of ether oxygens (including phenoxy) is 2. The normalized spacial score (nSPS) is 31.3. The molecule has 4 aliphatic rings. The average molecular weight is 496 g/mol. The van der Waals surface area contributed by atoms with Gasteiger partial charge in [0.2, 0.25) is 11.8 Å². The number of likely N-dealkylation sites (tertiary alicyclic amines) is 1. The van der Waals surface area contributed by atoms with E-state index in [4.69, 9.17) is 9.47 Å². The largest absolute Gasteiger partial charge is 0.497 e. The number of carbonyl (C=O) groups excluding carboxylic acids is 3. The van der Waals surface area contributed by atoms with Crippen molar-refractivity contribution in [3.8, 4) is 5.75 Å². The smallest absolute Gasteiger partial charge is 0.253 e. The molecule has 192 valence electrons. The Morgan fingerprint density at radius 1 is 1.03 bits per heavy atom. The first-order valence-corrected chi connectivity index (χ1v) is 12.6. The van der Waals surface area contributed by atoms with Gasteiger partial charge in [0, 0.05) is 39.0 Å². The van der Waals surface area contributed by atoms with Crippen LogP contribution < -0.4 is 9.64 Å². The number of likely N-dealkylation sites (N-methyl/N-ethyl adjacent to an activating group) is 1. The summed E-state index contributed by atoms with van der Waals surface area (Å²) in [7, 11) is 3.31. The number of anilines is 1. The molecule has 2 saturated heterocycles. The van der Waals surface area contributed by atoms with Gasteiger partial charge in [0.05, 0.1) is 25.0 Å². The van der Waals surface area contributed by atoms with Crippen LogP contribution in [0.2, 0.25) is 0 Å². The predicted octanol–water partition coefficient (Wildman–Crippen LogP) is 1.37. The molecule has 3 amide bonds. The maximum atomic E-state index is 14.2. The van der Waals surface area contributed by atoms with Gasteiger partial charge >= 0.3 is 0 Å². The standard InChI is InChI=1S/C27H33N3O6/c1-28-14-6-8-20-21(24(28)32)22-25(33)30(15-4-3-5-17-31)23-26(34)29(16-7-13-27(22,23)36-20)18-9-11-19(35-2)12-10-18/h6-13,20-23,31H,3-5,14-17H2,1-2H3/t20-,21+,22+,23?,27+/m1/s1. The van der Waals surface area contributed by atoms with Gasteiger partial charge in [-0.15, -0.1) is 0 Å². The third-order valence-electron chi connectivity index (χ3n) is 7.80. The van der Waals surface area contributed by atoms with Crippen LogP contribution >= 0.6 is 0 Å². The molecule has 1 aromatic carbocycles. The number of fused-ring (bicyclic) bond motifs is 2. The van der Waals surface area contributed by atoms with E-state index in [0.29, 0.717) is 43.9 Å². The van der Waals surface area contributed by atoms with E-state index in [9.17, 15) is 19.5 Å². The Bertz CT molecular complexity index is 1090. The van der Waals surface area contributed by atoms with Crippen LogP contribution in [-0.4, -0.2) is 90.8 Å². The van der Waals surface area contributed by atoms with Crippen LogP contribution in [0.15, 0.2) is 48.6 Å². The van der Waals surface area contributed by atoms with Crippen molar-refractivity contribution >= 4 is 23.4 Å². The Morgan fingerprint density at radius 2 is 1.81 bits per heavy atom. The molecule has 1 N–H and O–H groups in total. The third-order valence-corrected chi connectivity index (χ3v) is 7.80. The topological polar surface area (TPSA) is 99.6 Å². The van der Waals surface area contributed by atoms with Crippen LogP contribution in [0.4, 0.5) is 5.69 Å². The Kier molecular flexibility index (Phi) is 6.61. The molecule has 1 unspecified atom stereocenters. The minimum Gasteiger partial charge on any atom is -0.497 e. The number of aliphatic hydroxyl groups excluding tert-OH is 1. The summed E-state index contributed by atoms with van der Waals surface area (Å²) in [6.45, 7) is 1.22. The predicted molar refractivity (Wildman–Crippen MR) is 132 cm³/mol. The van der Waals surface area contributed by atoms with Gasteiger partial charge in [-0.3, -0.25) is 14.4 Å². The lowest BCUT2D eigenvalue weighted by Crippen LogP contribution is -2.55. The van der Waals surface area contributed by atoms with Crippen LogP contribution in [0.25, 0.3) is 0 Å². The van der Waals surface area contributed by atoms with Gasteiger partial charge in [-0.25, -0.2) is 0 Å². The lowest BCUT2D eigenvalue weighted by Gasteiger charge is -2.35. The molecule has 9 nitrogen and oxygen atoms in total. The van der Waals surface area contributed by atoms with Gasteiger partial charge in [0.25, 0.3) is 5.91 Å². The molecule has 0 aromatic heterocycles. The third kappa shape index (κ3) is 3.81. The zero-order chi connectivity index (χ0) is 25.4. The van der Waals surface area contributed by atoms with Crippen LogP contribution in [0.1, 0.15) is 19.3 Å². The SMILES string of the molecule is COc1ccc(N2CC=C[C@]34O[C@@H]5C=CCN(C)C(=O)[C@@H]5[C@H]3C(=O)N(CCCCCO)C4C2=O)cc1. The molecule has 5 rings (SSSR count). The van der Waals surface area contributed by atoms with Crippen LogP contribution in [0, 0.1) is 11.8 Å². The number of unbranched alkanes of at least 4 members (excludes halogenated alkanes) is 2. The molecule has 4 aliphatic heterocycles. The highest BCUT2D eigenvalue weighted by atomic mass is 16.5. The van der Waals surface area contributed by atoms with E-state index in [2.05, 4.69) is 0 Å². The molecule has 4 heterocycles. The molecule has 0 aliphatic carbocycles. The van der Waals surface area contributed by atoms with E-state index in [1.54, 1.807) is 41.0 Å². The molecule has 0 saturated carbocycles. The molecule has 0 bridgehead atoms. The first kappa shape index (κ1) is 24.5. The Balaban J connectivity index is 1.55. The van der Waals surface area contributed by atoms with Crippen LogP contribution in [0.5, 0.6) is 5.75 Å². The second kappa shape index (κ2) is 9.71. The first-order chi connectivity index (χ1) is 17.4. The molecule has 1 spiro atoms. The van der Waals surface area contributed by atoms with Crippen molar-refractivity contribution in [2.24, 2.45) is 11.8 Å². The number of benzene rings is 1. The summed E-state index contributed by atoms with van der Waals surface area (Å²) < 4.78 is 11.8. The second-order valence-corrected chi connectivity index (χ2v) is 9.85. The summed E-state index contributed by atoms with van der Waals surface area (Å²) in [5, 5.41) is 9.19. The number of hydrogen-bond donors (Lipinski definition) is 1. The highest BCUT2D eigenvalue weighted by Crippen LogP contribution is 2.53. The van der Waals surface area contributed by atoms with Gasteiger partial charge in [-0.2, -0.15) is 0 Å². The number of amides is 3. The molecule has 5 atom stereocenters. The number of nitrogens with zero attached hydrogens (tertiary/aromatic N) is 3. The Hall–Kier alpha value is -3.17. The Morgan fingerprint density at radius 3 is 2.53 bits per heavy atom. The van der Waals surface area contributed by atoms with Crippen molar-refractivity contribution in [3.63, 3.8) is 0 Å². The second-order valence-electron chi connectivity index (χ2n) is 9.85. The molecule has 9 heteroatoms. The van der Waals surface area contributed by atoms with E-state index in [-0.39, 0.29) is 24.3 Å².